The normalized spacial score (nSPS) is 12.9. The molecule has 0 atom stereocenters. The second kappa shape index (κ2) is 14.4. The Bertz CT molecular complexity index is 1440. The number of benzene rings is 1. The molecule has 5 N–H and O–H groups in total. The Morgan fingerprint density at radius 1 is 1.14 bits per heavy atom. The van der Waals surface area contributed by atoms with E-state index in [1.807, 2.05) is 6.92 Å². The van der Waals surface area contributed by atoms with Gasteiger partial charge >= 0.3 is 18.0 Å². The Morgan fingerprint density at radius 2 is 1.88 bits per heavy atom. The van der Waals surface area contributed by atoms with Gasteiger partial charge in [0.2, 0.25) is 6.79 Å². The molecule has 1 heterocycles. The van der Waals surface area contributed by atoms with Gasteiger partial charge in [-0.25, -0.2) is 24.3 Å². The molecule has 0 spiro atoms. The Kier molecular flexibility index (Phi) is 10.7. The number of aromatic amines is 1. The van der Waals surface area contributed by atoms with Crippen LogP contribution in [-0.2, 0) is 19.1 Å². The summed E-state index contributed by atoms with van der Waals surface area (Å²) in [7, 11) is 0. The lowest BCUT2D eigenvalue weighted by molar-refractivity contribution is -0.146. The molecule has 2 aromatic rings. The average Bonchev–Trinajstić information content (AvgIpc) is 3.69. The smallest absolute Gasteiger partial charge is 0.423 e. The van der Waals surface area contributed by atoms with Crippen molar-refractivity contribution in [3.05, 3.63) is 64.5 Å². The summed E-state index contributed by atoms with van der Waals surface area (Å²) in [5.74, 6) is -3.27. The largest absolute Gasteiger partial charge is 0.478 e. The average molecular weight is 581 g/mol. The van der Waals surface area contributed by atoms with Crippen LogP contribution < -0.4 is 15.5 Å². The molecular weight excluding hydrogens is 548 g/mol. The number of amidine groups is 1. The number of anilines is 1. The molecular formula is C28H32N6O8. The maximum Gasteiger partial charge on any atom is 0.423 e. The predicted octanol–water partition coefficient (Wildman–Crippen LogP) is 2.80. The lowest BCUT2D eigenvalue weighted by Crippen LogP contribution is -2.40. The first kappa shape index (κ1) is 31.3. The predicted molar refractivity (Wildman–Crippen MR) is 152 cm³/mol. The van der Waals surface area contributed by atoms with E-state index < -0.39 is 24.8 Å². The molecule has 3 rings (SSSR count). The number of carbonyl (C=O) groups is 5. The minimum absolute atomic E-state index is 0.0852. The van der Waals surface area contributed by atoms with E-state index >= 15 is 0 Å². The molecule has 222 valence electrons. The second-order valence-corrected chi connectivity index (χ2v) is 9.29. The molecule has 1 aromatic carbocycles. The number of carboxylic acid groups (broad SMARTS) is 1. The molecule has 1 aliphatic carbocycles. The number of nitrogens with zero attached hydrogens (tertiary/aromatic N) is 2. The van der Waals surface area contributed by atoms with Crippen LogP contribution in [0, 0.1) is 19.3 Å². The highest BCUT2D eigenvalue weighted by Crippen LogP contribution is 2.27. The Morgan fingerprint density at radius 3 is 2.52 bits per heavy atom. The van der Waals surface area contributed by atoms with Crippen LogP contribution in [0.15, 0.2) is 41.5 Å². The quantitative estimate of drug-likeness (QED) is 0.0828. The molecule has 1 saturated carbocycles. The molecule has 14 heteroatoms. The highest BCUT2D eigenvalue weighted by atomic mass is 16.7. The van der Waals surface area contributed by atoms with Crippen molar-refractivity contribution in [3.8, 4) is 0 Å². The van der Waals surface area contributed by atoms with E-state index in [1.54, 1.807) is 26.0 Å². The van der Waals surface area contributed by atoms with Crippen molar-refractivity contribution in [1.82, 2.24) is 15.6 Å². The fourth-order valence-electron chi connectivity index (χ4n) is 3.77. The summed E-state index contributed by atoms with van der Waals surface area (Å²) in [6.45, 7) is 4.80. The second-order valence-electron chi connectivity index (χ2n) is 9.29. The Hall–Kier alpha value is -5.27. The van der Waals surface area contributed by atoms with Crippen LogP contribution in [0.25, 0.3) is 0 Å². The fourth-order valence-corrected chi connectivity index (χ4v) is 3.77. The van der Waals surface area contributed by atoms with Gasteiger partial charge in [0.05, 0.1) is 16.9 Å². The standard InChI is InChI=1S/C28H32N6O8/c1-4-11-30-27(39)20-13-31-24(17(20)3)25(32-14-29)34(28(40)42-15-41-23(37)10-9-22(35)36)21-12-18(6-5-16(21)2)26(38)33-19-7-8-19/h5-6,9-10,12-14,19,29,31H,4,7-8,11,15H2,1-3H3,(H,30,39)(H,33,38)(H,35,36)/b10-9+,29-14?,32-25?. The van der Waals surface area contributed by atoms with E-state index in [1.165, 1.54) is 12.3 Å². The van der Waals surface area contributed by atoms with Crippen molar-refractivity contribution >= 4 is 47.7 Å². The molecule has 1 fully saturated rings. The number of aliphatic carboxylic acids is 1. The van der Waals surface area contributed by atoms with Crippen molar-refractivity contribution < 1.29 is 38.6 Å². The molecule has 1 aromatic heterocycles. The van der Waals surface area contributed by atoms with Crippen molar-refractivity contribution in [1.29, 1.82) is 5.41 Å². The van der Waals surface area contributed by atoms with Gasteiger partial charge in [-0.1, -0.05) is 13.0 Å². The summed E-state index contributed by atoms with van der Waals surface area (Å²) in [5, 5.41) is 22.0. The molecule has 0 radical (unpaired) electrons. The third-order valence-corrected chi connectivity index (χ3v) is 6.10. The summed E-state index contributed by atoms with van der Waals surface area (Å²) in [6.07, 6.45) is 4.73. The van der Waals surface area contributed by atoms with Gasteiger partial charge in [0.1, 0.15) is 6.34 Å². The highest BCUT2D eigenvalue weighted by molar-refractivity contribution is 6.24. The van der Waals surface area contributed by atoms with E-state index in [0.717, 1.165) is 24.2 Å². The summed E-state index contributed by atoms with van der Waals surface area (Å²) in [4.78, 5) is 69.5. The monoisotopic (exact) mass is 580 g/mol. The number of carboxylic acids is 1. The van der Waals surface area contributed by atoms with Crippen molar-refractivity contribution in [2.75, 3.05) is 18.2 Å². The highest BCUT2D eigenvalue weighted by Gasteiger charge is 2.31. The Labute approximate surface area is 241 Å². The number of nitrogens with one attached hydrogen (secondary N) is 4. The van der Waals surface area contributed by atoms with Crippen LogP contribution in [0.1, 0.15) is 63.7 Å². The van der Waals surface area contributed by atoms with Crippen LogP contribution in [0.5, 0.6) is 0 Å². The first-order valence-electron chi connectivity index (χ1n) is 13.1. The minimum Gasteiger partial charge on any atom is -0.478 e. The van der Waals surface area contributed by atoms with Crippen LogP contribution in [0.4, 0.5) is 10.5 Å². The zero-order valence-corrected chi connectivity index (χ0v) is 23.4. The first-order chi connectivity index (χ1) is 20.1. The van der Waals surface area contributed by atoms with Gasteiger partial charge in [-0.3, -0.25) is 15.0 Å². The van der Waals surface area contributed by atoms with E-state index in [2.05, 4.69) is 20.6 Å². The zero-order chi connectivity index (χ0) is 30.8. The van der Waals surface area contributed by atoms with Crippen molar-refractivity contribution in [3.63, 3.8) is 0 Å². The number of esters is 1. The van der Waals surface area contributed by atoms with Crippen LogP contribution in [-0.4, -0.2) is 71.5 Å². The summed E-state index contributed by atoms with van der Waals surface area (Å²) in [6, 6.07) is 4.77. The number of amides is 3. The maximum absolute atomic E-state index is 13.5. The van der Waals surface area contributed by atoms with Gasteiger partial charge in [-0.15, -0.1) is 0 Å². The fraction of sp³-hybridized carbons (Fsp3) is 0.321. The van der Waals surface area contributed by atoms with Crippen LogP contribution >= 0.6 is 0 Å². The number of aryl methyl sites for hydroxylation is 1. The number of carbonyl (C=O) groups excluding carboxylic acids is 4. The third-order valence-electron chi connectivity index (χ3n) is 6.10. The van der Waals surface area contributed by atoms with Gasteiger partial charge in [-0.05, 0) is 56.4 Å². The van der Waals surface area contributed by atoms with E-state index in [9.17, 15) is 24.0 Å². The topological polar surface area (TPSA) is 203 Å². The van der Waals surface area contributed by atoms with Gasteiger partial charge in [0, 0.05) is 36.5 Å². The SMILES string of the molecule is CCCNC(=O)c1c[nH]c(C(=NC=N)N(C(=O)OCOC(=O)/C=C/C(=O)O)c2cc(C(=O)NC3CC3)ccc2C)c1C. The third kappa shape index (κ3) is 8.13. The lowest BCUT2D eigenvalue weighted by atomic mass is 10.1. The minimum atomic E-state index is -1.37. The lowest BCUT2D eigenvalue weighted by Gasteiger charge is -2.25. The number of hydrogen-bond donors (Lipinski definition) is 5. The summed E-state index contributed by atoms with van der Waals surface area (Å²) in [5.41, 5.74) is 1.88. The Balaban J connectivity index is 2.03. The van der Waals surface area contributed by atoms with Crippen molar-refractivity contribution in [2.24, 2.45) is 4.99 Å². The first-order valence-corrected chi connectivity index (χ1v) is 13.1. The molecule has 14 nitrogen and oxygen atoms in total. The molecule has 0 bridgehead atoms. The number of aromatic nitrogens is 1. The molecule has 0 saturated heterocycles. The van der Waals surface area contributed by atoms with Gasteiger partial charge in [0.25, 0.3) is 11.8 Å². The van der Waals surface area contributed by atoms with E-state index in [-0.39, 0.29) is 46.2 Å². The van der Waals surface area contributed by atoms with Gasteiger partial charge in [0.15, 0.2) is 5.84 Å². The molecule has 0 aliphatic heterocycles. The van der Waals surface area contributed by atoms with Gasteiger partial charge in [-0.2, -0.15) is 0 Å². The number of aliphatic imine (C=N–C) groups is 1. The van der Waals surface area contributed by atoms with Crippen molar-refractivity contribution in [2.45, 2.75) is 46.1 Å². The van der Waals surface area contributed by atoms with Gasteiger partial charge < -0.3 is 30.2 Å². The summed E-state index contributed by atoms with van der Waals surface area (Å²) < 4.78 is 9.94. The zero-order valence-electron chi connectivity index (χ0n) is 23.4. The number of ether oxygens (including phenoxy) is 2. The van der Waals surface area contributed by atoms with Crippen LogP contribution in [0.3, 0.4) is 0 Å². The molecule has 1 aliphatic rings. The summed E-state index contributed by atoms with van der Waals surface area (Å²) >= 11 is 0. The molecule has 0 unspecified atom stereocenters. The number of rotatable bonds is 12. The number of hydrogen-bond acceptors (Lipinski definition) is 8. The van der Waals surface area contributed by atoms with E-state index in [4.69, 9.17) is 20.0 Å². The molecule has 42 heavy (non-hydrogen) atoms. The number of H-pyrrole nitrogens is 1. The maximum atomic E-state index is 13.5. The molecule has 3 amide bonds. The van der Waals surface area contributed by atoms with E-state index in [0.29, 0.717) is 36.2 Å². The van der Waals surface area contributed by atoms with Crippen LogP contribution in [0.2, 0.25) is 0 Å².